The number of methoxy groups -OCH3 is 1. The topological polar surface area (TPSA) is 104 Å². The SMILES string of the molecule is CCN(Cc1nc2ccccc2c(=O)[nH]1)C(=O)CNC(=O)c1ccc(OC)cc1. The number of hydrogen-bond acceptors (Lipinski definition) is 5. The second-order valence-electron chi connectivity index (χ2n) is 6.35. The van der Waals surface area contributed by atoms with E-state index in [1.54, 1.807) is 55.6 Å². The molecule has 0 aliphatic heterocycles. The van der Waals surface area contributed by atoms with Gasteiger partial charge in [-0.3, -0.25) is 14.4 Å². The van der Waals surface area contributed by atoms with Crippen molar-refractivity contribution in [2.24, 2.45) is 0 Å². The third kappa shape index (κ3) is 4.78. The number of H-pyrrole nitrogens is 1. The third-order valence-electron chi connectivity index (χ3n) is 4.49. The fourth-order valence-electron chi connectivity index (χ4n) is 2.88. The molecule has 3 rings (SSSR count). The maximum absolute atomic E-state index is 12.5. The number of hydrogen-bond donors (Lipinski definition) is 2. The summed E-state index contributed by atoms with van der Waals surface area (Å²) >= 11 is 0. The number of likely N-dealkylation sites (N-methyl/N-ethyl adjacent to an activating group) is 1. The molecule has 0 radical (unpaired) electrons. The van der Waals surface area contributed by atoms with Gasteiger partial charge in [-0.15, -0.1) is 0 Å². The van der Waals surface area contributed by atoms with Gasteiger partial charge in [0.25, 0.3) is 11.5 Å². The van der Waals surface area contributed by atoms with Gasteiger partial charge in [-0.2, -0.15) is 0 Å². The number of benzene rings is 2. The molecule has 150 valence electrons. The standard InChI is InChI=1S/C21H22N4O4/c1-3-25(13-18-23-17-7-5-4-6-16(17)21(28)24-18)19(26)12-22-20(27)14-8-10-15(29-2)11-9-14/h4-11H,3,12-13H2,1-2H3,(H,22,27)(H,23,24,28). The van der Waals surface area contributed by atoms with Crippen LogP contribution in [0.4, 0.5) is 0 Å². The first-order valence-corrected chi connectivity index (χ1v) is 9.19. The van der Waals surface area contributed by atoms with Gasteiger partial charge in [0.05, 0.1) is 31.1 Å². The van der Waals surface area contributed by atoms with E-state index < -0.39 is 0 Å². The van der Waals surface area contributed by atoms with Crippen molar-refractivity contribution in [1.82, 2.24) is 20.2 Å². The lowest BCUT2D eigenvalue weighted by Crippen LogP contribution is -2.40. The molecule has 0 saturated carbocycles. The first kappa shape index (κ1) is 20.1. The predicted octanol–water partition coefficient (Wildman–Crippen LogP) is 1.71. The van der Waals surface area contributed by atoms with Gasteiger partial charge >= 0.3 is 0 Å². The average molecular weight is 394 g/mol. The Bertz CT molecular complexity index is 1080. The molecule has 0 spiro atoms. The molecule has 0 fully saturated rings. The zero-order valence-electron chi connectivity index (χ0n) is 16.3. The van der Waals surface area contributed by atoms with Crippen molar-refractivity contribution in [1.29, 1.82) is 0 Å². The molecule has 1 heterocycles. The number of ether oxygens (including phenoxy) is 1. The van der Waals surface area contributed by atoms with Crippen molar-refractivity contribution in [2.75, 3.05) is 20.2 Å². The molecule has 2 amide bonds. The summed E-state index contributed by atoms with van der Waals surface area (Å²) in [7, 11) is 1.55. The van der Waals surface area contributed by atoms with Gasteiger partial charge in [-0.05, 0) is 43.3 Å². The minimum absolute atomic E-state index is 0.147. The molecule has 8 nitrogen and oxygen atoms in total. The summed E-state index contributed by atoms with van der Waals surface area (Å²) in [5.74, 6) is 0.413. The number of amides is 2. The maximum atomic E-state index is 12.5. The summed E-state index contributed by atoms with van der Waals surface area (Å²) in [6.07, 6.45) is 0. The Labute approximate surface area is 167 Å². The Morgan fingerprint density at radius 3 is 2.55 bits per heavy atom. The van der Waals surface area contributed by atoms with E-state index in [0.717, 1.165) is 0 Å². The fraction of sp³-hybridized carbons (Fsp3) is 0.238. The largest absolute Gasteiger partial charge is 0.497 e. The Hall–Kier alpha value is -3.68. The molecule has 3 aromatic rings. The van der Waals surface area contributed by atoms with E-state index in [1.165, 1.54) is 4.90 Å². The van der Waals surface area contributed by atoms with Gasteiger partial charge in [0.2, 0.25) is 5.91 Å². The van der Waals surface area contributed by atoms with Crippen LogP contribution in [0.15, 0.2) is 53.3 Å². The zero-order valence-corrected chi connectivity index (χ0v) is 16.3. The lowest BCUT2D eigenvalue weighted by atomic mass is 10.2. The van der Waals surface area contributed by atoms with Gasteiger partial charge < -0.3 is 19.9 Å². The second kappa shape index (κ2) is 9.01. The molecule has 29 heavy (non-hydrogen) atoms. The summed E-state index contributed by atoms with van der Waals surface area (Å²) in [6.45, 7) is 2.22. The average Bonchev–Trinajstić information content (AvgIpc) is 2.75. The number of nitrogens with one attached hydrogen (secondary N) is 2. The van der Waals surface area contributed by atoms with E-state index >= 15 is 0 Å². The molecule has 8 heteroatoms. The molecule has 0 aliphatic carbocycles. The molecule has 1 aromatic heterocycles. The number of fused-ring (bicyclic) bond motifs is 1. The molecular formula is C21H22N4O4. The van der Waals surface area contributed by atoms with Crippen molar-refractivity contribution in [3.63, 3.8) is 0 Å². The quantitative estimate of drug-likeness (QED) is 0.635. The molecule has 2 aromatic carbocycles. The highest BCUT2D eigenvalue weighted by atomic mass is 16.5. The van der Waals surface area contributed by atoms with Gasteiger partial charge in [0.15, 0.2) is 0 Å². The smallest absolute Gasteiger partial charge is 0.258 e. The molecular weight excluding hydrogens is 372 g/mol. The Balaban J connectivity index is 1.64. The highest BCUT2D eigenvalue weighted by molar-refractivity contribution is 5.96. The van der Waals surface area contributed by atoms with E-state index in [-0.39, 0.29) is 30.5 Å². The monoisotopic (exact) mass is 394 g/mol. The molecule has 0 aliphatic rings. The summed E-state index contributed by atoms with van der Waals surface area (Å²) in [5.41, 5.74) is 0.756. The third-order valence-corrected chi connectivity index (χ3v) is 4.49. The van der Waals surface area contributed by atoms with Crippen LogP contribution in [0.3, 0.4) is 0 Å². The van der Waals surface area contributed by atoms with E-state index in [1.807, 2.05) is 6.92 Å². The van der Waals surface area contributed by atoms with Crippen LogP contribution in [-0.4, -0.2) is 46.9 Å². The van der Waals surface area contributed by atoms with Crippen LogP contribution in [0.5, 0.6) is 5.75 Å². The Kier molecular flexibility index (Phi) is 6.23. The van der Waals surface area contributed by atoms with E-state index in [2.05, 4.69) is 15.3 Å². The number of aromatic amines is 1. The maximum Gasteiger partial charge on any atom is 0.258 e. The number of carbonyl (C=O) groups excluding carboxylic acids is 2. The van der Waals surface area contributed by atoms with Gasteiger partial charge in [-0.1, -0.05) is 12.1 Å². The molecule has 2 N–H and O–H groups in total. The molecule has 0 saturated heterocycles. The lowest BCUT2D eigenvalue weighted by molar-refractivity contribution is -0.130. The van der Waals surface area contributed by atoms with Crippen LogP contribution < -0.4 is 15.6 Å². The minimum atomic E-state index is -0.353. The van der Waals surface area contributed by atoms with Crippen molar-refractivity contribution < 1.29 is 14.3 Å². The van der Waals surface area contributed by atoms with Crippen LogP contribution in [0.25, 0.3) is 10.9 Å². The minimum Gasteiger partial charge on any atom is -0.497 e. The van der Waals surface area contributed by atoms with Gasteiger partial charge in [0.1, 0.15) is 11.6 Å². The fourth-order valence-corrected chi connectivity index (χ4v) is 2.88. The number of carbonyl (C=O) groups is 2. The van der Waals surface area contributed by atoms with Crippen molar-refractivity contribution in [3.8, 4) is 5.75 Å². The zero-order chi connectivity index (χ0) is 20.8. The first-order valence-electron chi connectivity index (χ1n) is 9.19. The number of rotatable bonds is 7. The van der Waals surface area contributed by atoms with E-state index in [0.29, 0.717) is 34.6 Å². The lowest BCUT2D eigenvalue weighted by Gasteiger charge is -2.20. The van der Waals surface area contributed by atoms with Crippen LogP contribution in [0.1, 0.15) is 23.1 Å². The van der Waals surface area contributed by atoms with Gasteiger partial charge in [0, 0.05) is 12.1 Å². The van der Waals surface area contributed by atoms with Crippen LogP contribution >= 0.6 is 0 Å². The summed E-state index contributed by atoms with van der Waals surface area (Å²) in [5, 5.41) is 3.11. The Morgan fingerprint density at radius 1 is 1.14 bits per heavy atom. The highest BCUT2D eigenvalue weighted by Gasteiger charge is 2.16. The molecule has 0 unspecified atom stereocenters. The van der Waals surface area contributed by atoms with Crippen LogP contribution in [0, 0.1) is 0 Å². The molecule has 0 bridgehead atoms. The number of aromatic nitrogens is 2. The van der Waals surface area contributed by atoms with Crippen molar-refractivity contribution in [3.05, 3.63) is 70.3 Å². The summed E-state index contributed by atoms with van der Waals surface area (Å²) in [4.78, 5) is 45.6. The van der Waals surface area contributed by atoms with Crippen molar-refractivity contribution >= 4 is 22.7 Å². The predicted molar refractivity (Wildman–Crippen MR) is 109 cm³/mol. The van der Waals surface area contributed by atoms with Crippen LogP contribution in [-0.2, 0) is 11.3 Å². The highest BCUT2D eigenvalue weighted by Crippen LogP contribution is 2.11. The van der Waals surface area contributed by atoms with E-state index in [9.17, 15) is 14.4 Å². The number of nitrogens with zero attached hydrogens (tertiary/aromatic N) is 2. The second-order valence-corrected chi connectivity index (χ2v) is 6.35. The summed E-state index contributed by atoms with van der Waals surface area (Å²) < 4.78 is 5.06. The first-order chi connectivity index (χ1) is 14.0. The summed E-state index contributed by atoms with van der Waals surface area (Å²) in [6, 6.07) is 13.6. The molecule has 0 atom stereocenters. The number of para-hydroxylation sites is 1. The van der Waals surface area contributed by atoms with Gasteiger partial charge in [-0.25, -0.2) is 4.98 Å². The Morgan fingerprint density at radius 2 is 1.86 bits per heavy atom. The van der Waals surface area contributed by atoms with Crippen molar-refractivity contribution in [2.45, 2.75) is 13.5 Å². The van der Waals surface area contributed by atoms with E-state index in [4.69, 9.17) is 4.74 Å². The van der Waals surface area contributed by atoms with Crippen LogP contribution in [0.2, 0.25) is 0 Å². The normalized spacial score (nSPS) is 10.6.